The summed E-state index contributed by atoms with van der Waals surface area (Å²) in [5.41, 5.74) is 3.79. The summed E-state index contributed by atoms with van der Waals surface area (Å²) in [7, 11) is 0. The molecule has 1 aromatic carbocycles. The minimum Gasteiger partial charge on any atom is -0.357 e. The number of nitrogens with one attached hydrogen (secondary N) is 2. The third kappa shape index (κ3) is 6.31. The topological polar surface area (TPSA) is 52.6 Å². The molecule has 5 nitrogen and oxygen atoms in total. The summed E-state index contributed by atoms with van der Waals surface area (Å²) in [5.74, 6) is 0.869. The van der Waals surface area contributed by atoms with Crippen molar-refractivity contribution in [2.24, 2.45) is 4.99 Å². The Morgan fingerprint density at radius 1 is 1.11 bits per heavy atom. The van der Waals surface area contributed by atoms with Crippen molar-refractivity contribution in [2.75, 3.05) is 26.2 Å². The molecule has 0 radical (unpaired) electrons. The standard InChI is InChI=1S/C22H33N5S/c1-4-23-22(24-12-11-21-26-17(2)18(3)28-21)25-15-19-7-9-20(10-8-19)16-27-13-5-6-14-27/h7-10H,4-6,11-16H2,1-3H3,(H2,23,24,25). The molecule has 0 unspecified atom stereocenters. The van der Waals surface area contributed by atoms with Crippen molar-refractivity contribution < 1.29 is 0 Å². The predicted molar refractivity (Wildman–Crippen MR) is 119 cm³/mol. The summed E-state index contributed by atoms with van der Waals surface area (Å²) >= 11 is 1.79. The smallest absolute Gasteiger partial charge is 0.191 e. The molecule has 6 heteroatoms. The van der Waals surface area contributed by atoms with Crippen molar-refractivity contribution in [1.82, 2.24) is 20.5 Å². The predicted octanol–water partition coefficient (Wildman–Crippen LogP) is 3.65. The average Bonchev–Trinajstić information content (AvgIpc) is 3.31. The van der Waals surface area contributed by atoms with Gasteiger partial charge in [-0.05, 0) is 57.8 Å². The molecule has 0 atom stereocenters. The van der Waals surface area contributed by atoms with Gasteiger partial charge in [-0.2, -0.15) is 0 Å². The molecule has 152 valence electrons. The van der Waals surface area contributed by atoms with E-state index >= 15 is 0 Å². The first-order chi connectivity index (χ1) is 13.6. The van der Waals surface area contributed by atoms with Crippen molar-refractivity contribution in [3.8, 4) is 0 Å². The van der Waals surface area contributed by atoms with Crippen LogP contribution in [0.5, 0.6) is 0 Å². The maximum atomic E-state index is 4.74. The molecule has 28 heavy (non-hydrogen) atoms. The Morgan fingerprint density at radius 3 is 2.46 bits per heavy atom. The number of aromatic nitrogens is 1. The lowest BCUT2D eigenvalue weighted by atomic mass is 10.1. The van der Waals surface area contributed by atoms with Gasteiger partial charge in [-0.1, -0.05) is 24.3 Å². The van der Waals surface area contributed by atoms with Crippen LogP contribution in [-0.4, -0.2) is 42.0 Å². The van der Waals surface area contributed by atoms with E-state index in [0.29, 0.717) is 6.54 Å². The van der Waals surface area contributed by atoms with Gasteiger partial charge in [-0.3, -0.25) is 4.90 Å². The summed E-state index contributed by atoms with van der Waals surface area (Å²) in [6.45, 7) is 12.2. The number of aliphatic imine (C=N–C) groups is 1. The van der Waals surface area contributed by atoms with Gasteiger partial charge in [0.25, 0.3) is 0 Å². The number of thiazole rings is 1. The van der Waals surface area contributed by atoms with Crippen LogP contribution in [0.2, 0.25) is 0 Å². The summed E-state index contributed by atoms with van der Waals surface area (Å²) in [5, 5.41) is 7.94. The van der Waals surface area contributed by atoms with Gasteiger partial charge in [0.05, 0.1) is 17.2 Å². The largest absolute Gasteiger partial charge is 0.357 e. The number of benzene rings is 1. The van der Waals surface area contributed by atoms with Crippen LogP contribution in [0.1, 0.15) is 46.5 Å². The molecule has 0 aliphatic carbocycles. The maximum Gasteiger partial charge on any atom is 0.191 e. The van der Waals surface area contributed by atoms with Crippen molar-refractivity contribution in [3.05, 3.63) is 51.0 Å². The van der Waals surface area contributed by atoms with Crippen LogP contribution in [0.15, 0.2) is 29.3 Å². The highest BCUT2D eigenvalue weighted by Crippen LogP contribution is 2.16. The zero-order valence-corrected chi connectivity index (χ0v) is 18.2. The average molecular weight is 400 g/mol. The molecule has 0 bridgehead atoms. The molecule has 0 saturated carbocycles. The number of hydrogen-bond donors (Lipinski definition) is 2. The number of likely N-dealkylation sites (tertiary alicyclic amines) is 1. The van der Waals surface area contributed by atoms with Crippen LogP contribution in [-0.2, 0) is 19.5 Å². The molecule has 2 aromatic rings. The number of rotatable bonds is 8. The highest BCUT2D eigenvalue weighted by Gasteiger charge is 2.11. The molecule has 1 aromatic heterocycles. The van der Waals surface area contributed by atoms with Crippen LogP contribution < -0.4 is 10.6 Å². The fourth-order valence-electron chi connectivity index (χ4n) is 3.40. The number of nitrogens with zero attached hydrogens (tertiary/aromatic N) is 3. The summed E-state index contributed by atoms with van der Waals surface area (Å²) < 4.78 is 0. The molecule has 0 amide bonds. The number of guanidine groups is 1. The third-order valence-corrected chi connectivity index (χ3v) is 6.23. The second kappa shape index (κ2) is 10.6. The molecular weight excluding hydrogens is 366 g/mol. The number of hydrogen-bond acceptors (Lipinski definition) is 4. The Kier molecular flexibility index (Phi) is 7.86. The van der Waals surface area contributed by atoms with Gasteiger partial charge in [-0.25, -0.2) is 9.98 Å². The lowest BCUT2D eigenvalue weighted by Gasteiger charge is -2.14. The first-order valence-electron chi connectivity index (χ1n) is 10.4. The van der Waals surface area contributed by atoms with E-state index in [4.69, 9.17) is 4.99 Å². The van der Waals surface area contributed by atoms with E-state index in [2.05, 4.69) is 65.6 Å². The van der Waals surface area contributed by atoms with E-state index in [1.165, 1.54) is 46.9 Å². The van der Waals surface area contributed by atoms with Crippen molar-refractivity contribution in [2.45, 2.75) is 53.1 Å². The molecule has 1 fully saturated rings. The molecule has 1 aliphatic heterocycles. The molecule has 0 spiro atoms. The first kappa shape index (κ1) is 20.8. The molecule has 1 saturated heterocycles. The summed E-state index contributed by atoms with van der Waals surface area (Å²) in [6, 6.07) is 8.91. The van der Waals surface area contributed by atoms with Gasteiger partial charge in [0.1, 0.15) is 0 Å². The van der Waals surface area contributed by atoms with Crippen LogP contribution in [0.4, 0.5) is 0 Å². The van der Waals surface area contributed by atoms with Crippen molar-refractivity contribution >= 4 is 17.3 Å². The van der Waals surface area contributed by atoms with E-state index < -0.39 is 0 Å². The Balaban J connectivity index is 1.48. The van der Waals surface area contributed by atoms with Crippen LogP contribution >= 0.6 is 11.3 Å². The van der Waals surface area contributed by atoms with Crippen molar-refractivity contribution in [3.63, 3.8) is 0 Å². The maximum absolute atomic E-state index is 4.74. The fourth-order valence-corrected chi connectivity index (χ4v) is 4.33. The lowest BCUT2D eigenvalue weighted by Crippen LogP contribution is -2.38. The Labute approximate surface area is 173 Å². The second-order valence-corrected chi connectivity index (χ2v) is 8.71. The van der Waals surface area contributed by atoms with Crippen LogP contribution in [0.3, 0.4) is 0 Å². The molecule has 2 N–H and O–H groups in total. The zero-order valence-electron chi connectivity index (χ0n) is 17.4. The van der Waals surface area contributed by atoms with Crippen LogP contribution in [0.25, 0.3) is 0 Å². The van der Waals surface area contributed by atoms with Gasteiger partial charge >= 0.3 is 0 Å². The Morgan fingerprint density at radius 2 is 1.82 bits per heavy atom. The van der Waals surface area contributed by atoms with Gasteiger partial charge in [0, 0.05) is 30.9 Å². The molecule has 3 rings (SSSR count). The minimum atomic E-state index is 0.689. The van der Waals surface area contributed by atoms with E-state index in [9.17, 15) is 0 Å². The Hall–Kier alpha value is -1.92. The van der Waals surface area contributed by atoms with E-state index in [1.807, 2.05) is 0 Å². The van der Waals surface area contributed by atoms with Gasteiger partial charge < -0.3 is 10.6 Å². The van der Waals surface area contributed by atoms with E-state index in [1.54, 1.807) is 11.3 Å². The molecule has 2 heterocycles. The highest BCUT2D eigenvalue weighted by atomic mass is 32.1. The Bertz CT molecular complexity index is 740. The normalized spacial score (nSPS) is 15.2. The van der Waals surface area contributed by atoms with Gasteiger partial charge in [0.15, 0.2) is 5.96 Å². The summed E-state index contributed by atoms with van der Waals surface area (Å²) in [6.07, 6.45) is 3.61. The molecule has 1 aliphatic rings. The monoisotopic (exact) mass is 399 g/mol. The second-order valence-electron chi connectivity index (χ2n) is 7.42. The van der Waals surface area contributed by atoms with E-state index in [0.717, 1.165) is 37.7 Å². The number of aryl methyl sites for hydroxylation is 2. The van der Waals surface area contributed by atoms with Gasteiger partial charge in [0.2, 0.25) is 0 Å². The SMILES string of the molecule is CCNC(=NCc1ccc(CN2CCCC2)cc1)NCCc1nc(C)c(C)s1. The van der Waals surface area contributed by atoms with Crippen molar-refractivity contribution in [1.29, 1.82) is 0 Å². The third-order valence-electron chi connectivity index (χ3n) is 5.10. The fraction of sp³-hybridized carbons (Fsp3) is 0.545. The van der Waals surface area contributed by atoms with E-state index in [-0.39, 0.29) is 0 Å². The molecular formula is C22H33N5S. The van der Waals surface area contributed by atoms with Crippen LogP contribution in [0, 0.1) is 13.8 Å². The summed E-state index contributed by atoms with van der Waals surface area (Å²) in [4.78, 5) is 13.2. The zero-order chi connectivity index (χ0) is 19.8. The minimum absolute atomic E-state index is 0.689. The highest BCUT2D eigenvalue weighted by molar-refractivity contribution is 7.11. The lowest BCUT2D eigenvalue weighted by molar-refractivity contribution is 0.331. The quantitative estimate of drug-likeness (QED) is 0.525. The first-order valence-corrected chi connectivity index (χ1v) is 11.2. The van der Waals surface area contributed by atoms with Gasteiger partial charge in [-0.15, -0.1) is 11.3 Å².